The molecule has 120 valence electrons. The fourth-order valence-electron chi connectivity index (χ4n) is 2.54. The smallest absolute Gasteiger partial charge is 0.323 e. The van der Waals surface area contributed by atoms with Crippen molar-refractivity contribution in [3.8, 4) is 0 Å². The lowest BCUT2D eigenvalue weighted by molar-refractivity contribution is -0.138. The summed E-state index contributed by atoms with van der Waals surface area (Å²) in [6.45, 7) is 2.15. The maximum Gasteiger partial charge on any atom is 0.323 e. The SMILES string of the molecule is CCCNC(=O)CN(C)C(=O)N(CC(=O)O)C1CCCC1. The van der Waals surface area contributed by atoms with E-state index in [4.69, 9.17) is 5.11 Å². The summed E-state index contributed by atoms with van der Waals surface area (Å²) in [6, 6.07) is -0.425. The Morgan fingerprint density at radius 3 is 2.33 bits per heavy atom. The Morgan fingerprint density at radius 1 is 1.19 bits per heavy atom. The van der Waals surface area contributed by atoms with Crippen molar-refractivity contribution < 1.29 is 19.5 Å². The maximum atomic E-state index is 12.4. The second-order valence-corrected chi connectivity index (χ2v) is 5.45. The van der Waals surface area contributed by atoms with Crippen molar-refractivity contribution in [2.45, 2.75) is 45.1 Å². The molecule has 7 heteroatoms. The summed E-state index contributed by atoms with van der Waals surface area (Å²) in [7, 11) is 1.53. The third-order valence-corrected chi connectivity index (χ3v) is 3.60. The van der Waals surface area contributed by atoms with Crippen LogP contribution in [0.4, 0.5) is 4.79 Å². The lowest BCUT2D eigenvalue weighted by Crippen LogP contribution is -2.50. The minimum atomic E-state index is -1.03. The predicted molar refractivity (Wildman–Crippen MR) is 77.9 cm³/mol. The first-order chi connectivity index (χ1) is 9.95. The van der Waals surface area contributed by atoms with E-state index in [2.05, 4.69) is 5.32 Å². The minimum absolute atomic E-state index is 0.0326. The molecule has 3 amide bonds. The number of nitrogens with one attached hydrogen (secondary N) is 1. The minimum Gasteiger partial charge on any atom is -0.480 e. The van der Waals surface area contributed by atoms with Gasteiger partial charge in [-0.05, 0) is 19.3 Å². The third-order valence-electron chi connectivity index (χ3n) is 3.60. The Labute approximate surface area is 125 Å². The highest BCUT2D eigenvalue weighted by Crippen LogP contribution is 2.24. The van der Waals surface area contributed by atoms with Crippen LogP contribution in [-0.2, 0) is 9.59 Å². The van der Waals surface area contributed by atoms with Gasteiger partial charge in [-0.15, -0.1) is 0 Å². The summed E-state index contributed by atoms with van der Waals surface area (Å²) in [4.78, 5) is 37.7. The van der Waals surface area contributed by atoms with E-state index in [9.17, 15) is 14.4 Å². The van der Waals surface area contributed by atoms with Crippen molar-refractivity contribution in [2.75, 3.05) is 26.7 Å². The quantitative estimate of drug-likeness (QED) is 0.730. The van der Waals surface area contributed by atoms with Crippen LogP contribution in [0.2, 0.25) is 0 Å². The fourth-order valence-corrected chi connectivity index (χ4v) is 2.54. The van der Waals surface area contributed by atoms with Crippen LogP contribution in [-0.4, -0.2) is 65.5 Å². The molecule has 0 aromatic heterocycles. The number of carboxylic acid groups (broad SMARTS) is 1. The zero-order valence-electron chi connectivity index (χ0n) is 12.8. The van der Waals surface area contributed by atoms with Crippen molar-refractivity contribution in [2.24, 2.45) is 0 Å². The molecule has 1 aliphatic carbocycles. The molecular weight excluding hydrogens is 274 g/mol. The topological polar surface area (TPSA) is 90.0 Å². The number of amides is 3. The van der Waals surface area contributed by atoms with Crippen LogP contribution in [0.5, 0.6) is 0 Å². The fraction of sp³-hybridized carbons (Fsp3) is 0.786. The van der Waals surface area contributed by atoms with Gasteiger partial charge in [-0.25, -0.2) is 4.79 Å². The Bertz CT molecular complexity index is 380. The van der Waals surface area contributed by atoms with Crippen LogP contribution < -0.4 is 5.32 Å². The van der Waals surface area contributed by atoms with Gasteiger partial charge in [-0.2, -0.15) is 0 Å². The highest BCUT2D eigenvalue weighted by atomic mass is 16.4. The molecule has 0 heterocycles. The first-order valence-electron chi connectivity index (χ1n) is 7.46. The lowest BCUT2D eigenvalue weighted by atomic mass is 10.2. The summed E-state index contributed by atoms with van der Waals surface area (Å²) in [5.74, 6) is -1.26. The molecule has 0 spiro atoms. The van der Waals surface area contributed by atoms with E-state index in [1.54, 1.807) is 0 Å². The van der Waals surface area contributed by atoms with Gasteiger partial charge in [-0.1, -0.05) is 19.8 Å². The Kier molecular flexibility index (Phi) is 6.98. The first-order valence-corrected chi connectivity index (χ1v) is 7.46. The summed E-state index contributed by atoms with van der Waals surface area (Å²) in [6.07, 6.45) is 4.50. The number of rotatable bonds is 7. The van der Waals surface area contributed by atoms with E-state index in [1.165, 1.54) is 16.8 Å². The summed E-state index contributed by atoms with van der Waals surface area (Å²) in [5.41, 5.74) is 0. The van der Waals surface area contributed by atoms with E-state index in [0.29, 0.717) is 6.54 Å². The molecule has 0 saturated heterocycles. The number of carbonyl (C=O) groups is 3. The van der Waals surface area contributed by atoms with Crippen LogP contribution in [0.3, 0.4) is 0 Å². The van der Waals surface area contributed by atoms with Crippen LogP contribution in [0.15, 0.2) is 0 Å². The Balaban J connectivity index is 2.61. The molecule has 2 N–H and O–H groups in total. The molecule has 0 bridgehead atoms. The van der Waals surface area contributed by atoms with Crippen molar-refractivity contribution in [3.63, 3.8) is 0 Å². The second-order valence-electron chi connectivity index (χ2n) is 5.45. The number of carboxylic acids is 1. The number of carbonyl (C=O) groups excluding carboxylic acids is 2. The highest BCUT2D eigenvalue weighted by Gasteiger charge is 2.30. The summed E-state index contributed by atoms with van der Waals surface area (Å²) >= 11 is 0. The predicted octanol–water partition coefficient (Wildman–Crippen LogP) is 0.894. The molecule has 21 heavy (non-hydrogen) atoms. The van der Waals surface area contributed by atoms with Gasteiger partial charge in [0.25, 0.3) is 0 Å². The van der Waals surface area contributed by atoms with Gasteiger partial charge in [0.1, 0.15) is 13.1 Å². The average molecular weight is 299 g/mol. The lowest BCUT2D eigenvalue weighted by Gasteiger charge is -2.31. The zero-order valence-corrected chi connectivity index (χ0v) is 12.8. The van der Waals surface area contributed by atoms with Gasteiger partial charge in [0.2, 0.25) is 5.91 Å². The Hall–Kier alpha value is -1.79. The molecule has 1 fully saturated rings. The van der Waals surface area contributed by atoms with Crippen molar-refractivity contribution in [1.82, 2.24) is 15.1 Å². The monoisotopic (exact) mass is 299 g/mol. The van der Waals surface area contributed by atoms with Crippen LogP contribution >= 0.6 is 0 Å². The molecule has 1 saturated carbocycles. The molecule has 0 unspecified atom stereocenters. The standard InChI is InChI=1S/C14H25N3O4/c1-3-8-15-12(18)9-16(2)14(21)17(10-13(19)20)11-6-4-5-7-11/h11H,3-10H2,1-2H3,(H,15,18)(H,19,20). The van der Waals surface area contributed by atoms with Crippen LogP contribution in [0, 0.1) is 0 Å². The van der Waals surface area contributed by atoms with Gasteiger partial charge in [0.05, 0.1) is 0 Å². The van der Waals surface area contributed by atoms with E-state index in [0.717, 1.165) is 32.1 Å². The largest absolute Gasteiger partial charge is 0.480 e. The number of likely N-dealkylation sites (N-methyl/N-ethyl adjacent to an activating group) is 1. The summed E-state index contributed by atoms with van der Waals surface area (Å²) < 4.78 is 0. The van der Waals surface area contributed by atoms with Gasteiger partial charge in [-0.3, -0.25) is 9.59 Å². The molecule has 1 rings (SSSR count). The Morgan fingerprint density at radius 2 is 1.81 bits per heavy atom. The van der Waals surface area contributed by atoms with Gasteiger partial charge < -0.3 is 20.2 Å². The number of nitrogens with zero attached hydrogens (tertiary/aromatic N) is 2. The van der Waals surface area contributed by atoms with Crippen LogP contribution in [0.25, 0.3) is 0 Å². The van der Waals surface area contributed by atoms with E-state index < -0.39 is 12.0 Å². The molecule has 0 radical (unpaired) electrons. The summed E-state index contributed by atoms with van der Waals surface area (Å²) in [5, 5.41) is 11.7. The normalized spacial score (nSPS) is 14.8. The number of hydrogen-bond donors (Lipinski definition) is 2. The molecule has 1 aliphatic rings. The number of aliphatic carboxylic acids is 1. The maximum absolute atomic E-state index is 12.4. The molecule has 0 aromatic rings. The van der Waals surface area contributed by atoms with E-state index in [1.807, 2.05) is 6.92 Å². The van der Waals surface area contributed by atoms with Crippen molar-refractivity contribution >= 4 is 17.9 Å². The van der Waals surface area contributed by atoms with Gasteiger partial charge in [0, 0.05) is 19.6 Å². The first kappa shape index (κ1) is 17.3. The van der Waals surface area contributed by atoms with E-state index >= 15 is 0 Å². The molecule has 0 atom stereocenters. The van der Waals surface area contributed by atoms with E-state index in [-0.39, 0.29) is 25.0 Å². The molecule has 7 nitrogen and oxygen atoms in total. The molecular formula is C14H25N3O4. The third kappa shape index (κ3) is 5.61. The molecule has 0 aromatic carbocycles. The highest BCUT2D eigenvalue weighted by molar-refractivity contribution is 5.85. The van der Waals surface area contributed by atoms with Gasteiger partial charge in [0.15, 0.2) is 0 Å². The van der Waals surface area contributed by atoms with Crippen molar-refractivity contribution in [1.29, 1.82) is 0 Å². The zero-order chi connectivity index (χ0) is 15.8. The van der Waals surface area contributed by atoms with Gasteiger partial charge >= 0.3 is 12.0 Å². The molecule has 0 aliphatic heterocycles. The van der Waals surface area contributed by atoms with Crippen molar-refractivity contribution in [3.05, 3.63) is 0 Å². The second kappa shape index (κ2) is 8.49. The average Bonchev–Trinajstić information content (AvgIpc) is 2.95. The number of hydrogen-bond acceptors (Lipinski definition) is 3. The van der Waals surface area contributed by atoms with Crippen LogP contribution in [0.1, 0.15) is 39.0 Å². The number of urea groups is 1.